The molecule has 43 heavy (non-hydrogen) atoms. The lowest BCUT2D eigenvalue weighted by Crippen LogP contribution is -2.57. The minimum absolute atomic E-state index is 0.155. The third-order valence-electron chi connectivity index (χ3n) is 8.07. The first-order chi connectivity index (χ1) is 20.6. The molecule has 3 aromatic heterocycles. The Bertz CT molecular complexity index is 1740. The first kappa shape index (κ1) is 29.2. The van der Waals surface area contributed by atoms with Crippen molar-refractivity contribution in [3.8, 4) is 11.6 Å². The van der Waals surface area contributed by atoms with Gasteiger partial charge in [0.25, 0.3) is 0 Å². The zero-order valence-electron chi connectivity index (χ0n) is 23.5. The van der Waals surface area contributed by atoms with Crippen molar-refractivity contribution in [3.63, 3.8) is 0 Å². The number of ether oxygens (including phenoxy) is 1. The van der Waals surface area contributed by atoms with E-state index in [0.29, 0.717) is 34.4 Å². The molecule has 0 aliphatic carbocycles. The van der Waals surface area contributed by atoms with Crippen molar-refractivity contribution >= 4 is 51.6 Å². The maximum atomic E-state index is 13.2. The highest BCUT2D eigenvalue weighted by Gasteiger charge is 2.34. The molecule has 0 amide bonds. The van der Waals surface area contributed by atoms with Crippen molar-refractivity contribution in [1.82, 2.24) is 19.4 Å². The van der Waals surface area contributed by atoms with Gasteiger partial charge in [0, 0.05) is 43.5 Å². The summed E-state index contributed by atoms with van der Waals surface area (Å²) >= 11 is 12.9. The molecule has 2 fully saturated rings. The standard InChI is InChI=1S/C30H30Cl2N6O5/c1-35(2)19-12-36(13-19)27-6-5-17(11-34-27)38-15-22(30(41)42)28(40)21-9-24(32)26(10-25(21)38)37-14-20(39)8-18(37)16-43-29-23(31)4-3-7-33-29/h3-7,9-11,15,18-20,39H,8,12-14,16H2,1-2H3,(H,41,42)/t18-,20-/m1/s1. The minimum Gasteiger partial charge on any atom is -0.477 e. The molecule has 2 aliphatic heterocycles. The highest BCUT2D eigenvalue weighted by atomic mass is 35.5. The van der Waals surface area contributed by atoms with Crippen molar-refractivity contribution in [3.05, 3.63) is 80.8 Å². The molecule has 2 aliphatic rings. The van der Waals surface area contributed by atoms with Gasteiger partial charge in [-0.2, -0.15) is 0 Å². The van der Waals surface area contributed by atoms with Gasteiger partial charge in [0.1, 0.15) is 23.0 Å². The van der Waals surface area contributed by atoms with Crippen molar-refractivity contribution in [2.45, 2.75) is 24.6 Å². The molecular formula is C30H30Cl2N6O5. The number of aliphatic hydroxyl groups excluding tert-OH is 1. The van der Waals surface area contributed by atoms with Crippen LogP contribution in [0.1, 0.15) is 16.8 Å². The van der Waals surface area contributed by atoms with Crippen LogP contribution in [0.5, 0.6) is 5.88 Å². The Morgan fingerprint density at radius 1 is 1.12 bits per heavy atom. The summed E-state index contributed by atoms with van der Waals surface area (Å²) < 4.78 is 7.53. The number of hydrogen-bond donors (Lipinski definition) is 2. The normalized spacial score (nSPS) is 18.8. The number of aliphatic hydroxyl groups is 1. The van der Waals surface area contributed by atoms with E-state index in [1.807, 2.05) is 17.0 Å². The van der Waals surface area contributed by atoms with Crippen LogP contribution in [0.4, 0.5) is 11.5 Å². The second kappa shape index (κ2) is 11.6. The molecule has 0 spiro atoms. The topological polar surface area (TPSA) is 124 Å². The Kier molecular flexibility index (Phi) is 7.91. The summed E-state index contributed by atoms with van der Waals surface area (Å²) in [4.78, 5) is 40.4. The first-order valence-corrected chi connectivity index (χ1v) is 14.5. The lowest BCUT2D eigenvalue weighted by atomic mass is 10.1. The second-order valence-electron chi connectivity index (χ2n) is 11.1. The van der Waals surface area contributed by atoms with E-state index in [2.05, 4.69) is 33.9 Å². The number of likely N-dealkylation sites (N-methyl/N-ethyl adjacent to an activating group) is 1. The third kappa shape index (κ3) is 5.61. The summed E-state index contributed by atoms with van der Waals surface area (Å²) in [6.45, 7) is 2.20. The van der Waals surface area contributed by atoms with E-state index in [0.717, 1.165) is 18.9 Å². The van der Waals surface area contributed by atoms with Crippen molar-refractivity contribution in [2.24, 2.45) is 0 Å². The van der Waals surface area contributed by atoms with E-state index in [1.165, 1.54) is 12.3 Å². The lowest BCUT2D eigenvalue weighted by Gasteiger charge is -2.43. The molecule has 0 unspecified atom stereocenters. The van der Waals surface area contributed by atoms with Crippen molar-refractivity contribution < 1.29 is 19.7 Å². The molecule has 5 heterocycles. The average Bonchev–Trinajstić information content (AvgIpc) is 3.32. The second-order valence-corrected chi connectivity index (χ2v) is 11.9. The average molecular weight is 626 g/mol. The van der Waals surface area contributed by atoms with E-state index < -0.39 is 17.5 Å². The number of hydrogen-bond acceptors (Lipinski definition) is 9. The van der Waals surface area contributed by atoms with Gasteiger partial charge in [0.15, 0.2) is 0 Å². The maximum Gasteiger partial charge on any atom is 0.341 e. The number of aromatic nitrogens is 3. The Hall–Kier alpha value is -3.90. The highest BCUT2D eigenvalue weighted by Crippen LogP contribution is 2.36. The van der Waals surface area contributed by atoms with Crippen LogP contribution < -0.4 is 20.0 Å². The predicted molar refractivity (Wildman–Crippen MR) is 165 cm³/mol. The predicted octanol–water partition coefficient (Wildman–Crippen LogP) is 3.55. The summed E-state index contributed by atoms with van der Waals surface area (Å²) in [5.41, 5.74) is 0.586. The van der Waals surface area contributed by atoms with Gasteiger partial charge in [-0.25, -0.2) is 14.8 Å². The Morgan fingerprint density at radius 3 is 2.58 bits per heavy atom. The smallest absolute Gasteiger partial charge is 0.341 e. The van der Waals surface area contributed by atoms with Crippen molar-refractivity contribution in [2.75, 3.05) is 50.1 Å². The highest BCUT2D eigenvalue weighted by molar-refractivity contribution is 6.34. The van der Waals surface area contributed by atoms with Gasteiger partial charge >= 0.3 is 5.97 Å². The molecule has 0 bridgehead atoms. The monoisotopic (exact) mass is 624 g/mol. The number of pyridine rings is 3. The molecule has 1 aromatic carbocycles. The number of aromatic carboxylic acids is 1. The van der Waals surface area contributed by atoms with Gasteiger partial charge in [-0.3, -0.25) is 4.79 Å². The number of carboxylic acids is 1. The van der Waals surface area contributed by atoms with Crippen LogP contribution in [-0.2, 0) is 0 Å². The molecule has 11 nitrogen and oxygen atoms in total. The zero-order valence-corrected chi connectivity index (χ0v) is 25.0. The van der Waals surface area contributed by atoms with Gasteiger partial charge in [-0.1, -0.05) is 23.2 Å². The van der Waals surface area contributed by atoms with Crippen LogP contribution in [0.25, 0.3) is 16.6 Å². The summed E-state index contributed by atoms with van der Waals surface area (Å²) in [6.07, 6.45) is 4.34. The molecule has 0 radical (unpaired) electrons. The van der Waals surface area contributed by atoms with E-state index in [1.54, 1.807) is 35.2 Å². The summed E-state index contributed by atoms with van der Waals surface area (Å²) in [6, 6.07) is 10.5. The van der Waals surface area contributed by atoms with E-state index in [-0.39, 0.29) is 41.0 Å². The molecule has 13 heteroatoms. The Morgan fingerprint density at radius 2 is 1.91 bits per heavy atom. The molecular weight excluding hydrogens is 595 g/mol. The number of fused-ring (bicyclic) bond motifs is 1. The number of carboxylic acid groups (broad SMARTS) is 1. The summed E-state index contributed by atoms with van der Waals surface area (Å²) in [5, 5.41) is 21.2. The van der Waals surface area contributed by atoms with Crippen LogP contribution in [0.15, 0.2) is 59.8 Å². The Balaban J connectivity index is 1.38. The van der Waals surface area contributed by atoms with E-state index >= 15 is 0 Å². The number of carbonyl (C=O) groups is 1. The van der Waals surface area contributed by atoms with Crippen molar-refractivity contribution in [1.29, 1.82) is 0 Å². The molecule has 6 rings (SSSR count). The van der Waals surface area contributed by atoms with Gasteiger partial charge in [-0.05, 0) is 56.9 Å². The number of anilines is 2. The molecule has 2 saturated heterocycles. The molecule has 2 N–H and O–H groups in total. The summed E-state index contributed by atoms with van der Waals surface area (Å²) in [7, 11) is 4.10. The molecule has 2 atom stereocenters. The number of halogens is 2. The van der Waals surface area contributed by atoms with Gasteiger partial charge in [0.2, 0.25) is 11.3 Å². The van der Waals surface area contributed by atoms with Gasteiger partial charge in [0.05, 0.1) is 40.3 Å². The summed E-state index contributed by atoms with van der Waals surface area (Å²) in [5.74, 6) is -0.235. The largest absolute Gasteiger partial charge is 0.477 e. The Labute approximate surface area is 257 Å². The molecule has 4 aromatic rings. The lowest BCUT2D eigenvalue weighted by molar-refractivity contribution is 0.0695. The van der Waals surface area contributed by atoms with Crippen LogP contribution in [-0.4, -0.2) is 94.1 Å². The van der Waals surface area contributed by atoms with Crippen LogP contribution in [0.3, 0.4) is 0 Å². The molecule has 224 valence electrons. The molecule has 0 saturated carbocycles. The quantitative estimate of drug-likeness (QED) is 0.301. The van der Waals surface area contributed by atoms with Crippen LogP contribution >= 0.6 is 23.2 Å². The number of benzene rings is 1. The number of rotatable bonds is 8. The van der Waals surface area contributed by atoms with Gasteiger partial charge in [-0.15, -0.1) is 0 Å². The zero-order chi connectivity index (χ0) is 30.4. The van der Waals surface area contributed by atoms with Crippen LogP contribution in [0, 0.1) is 0 Å². The first-order valence-electron chi connectivity index (χ1n) is 13.8. The SMILES string of the molecule is CN(C)C1CN(c2ccc(-n3cc(C(=O)O)c(=O)c4cc(Cl)c(N5C[C@H](O)C[C@@H]5COc5ncccc5Cl)cc43)cn2)C1. The number of nitrogens with zero attached hydrogens (tertiary/aromatic N) is 6. The van der Waals surface area contributed by atoms with E-state index in [9.17, 15) is 19.8 Å². The van der Waals surface area contributed by atoms with Gasteiger partial charge < -0.3 is 34.2 Å². The van der Waals surface area contributed by atoms with Crippen LogP contribution in [0.2, 0.25) is 10.0 Å². The number of β-amino-alcohol motifs (C(OH)–C–C–N with tert-alkyl or cyclic N) is 1. The van der Waals surface area contributed by atoms with E-state index in [4.69, 9.17) is 27.9 Å². The fourth-order valence-corrected chi connectivity index (χ4v) is 6.04. The minimum atomic E-state index is -1.34. The third-order valence-corrected chi connectivity index (χ3v) is 8.66. The maximum absolute atomic E-state index is 13.2. The fraction of sp³-hybridized carbons (Fsp3) is 0.333. The fourth-order valence-electron chi connectivity index (χ4n) is 5.59.